The second kappa shape index (κ2) is 7.48. The summed E-state index contributed by atoms with van der Waals surface area (Å²) in [6.07, 6.45) is 0. The van der Waals surface area contributed by atoms with E-state index < -0.39 is 0 Å². The molecule has 0 bridgehead atoms. The van der Waals surface area contributed by atoms with Crippen LogP contribution in [0.15, 0.2) is 53.7 Å². The van der Waals surface area contributed by atoms with Crippen molar-refractivity contribution < 1.29 is 4.79 Å². The van der Waals surface area contributed by atoms with Gasteiger partial charge in [-0.1, -0.05) is 35.9 Å². The molecule has 1 aliphatic rings. The van der Waals surface area contributed by atoms with Crippen molar-refractivity contribution in [2.45, 2.75) is 26.8 Å². The Morgan fingerprint density at radius 2 is 1.81 bits per heavy atom. The molecule has 2 aromatic carbocycles. The van der Waals surface area contributed by atoms with Gasteiger partial charge in [-0.25, -0.2) is 0 Å². The summed E-state index contributed by atoms with van der Waals surface area (Å²) in [7, 11) is 0. The van der Waals surface area contributed by atoms with Crippen LogP contribution in [0.4, 0.5) is 5.69 Å². The van der Waals surface area contributed by atoms with Crippen molar-refractivity contribution >= 4 is 40.5 Å². The Kier molecular flexibility index (Phi) is 5.30. The number of halogens is 1. The molecule has 4 nitrogen and oxygen atoms in total. The minimum absolute atomic E-state index is 0.168. The predicted octanol–water partition coefficient (Wildman–Crippen LogP) is 4.39. The Balaban J connectivity index is 1.96. The van der Waals surface area contributed by atoms with Gasteiger partial charge >= 0.3 is 0 Å². The molecule has 1 heterocycles. The Labute approximate surface area is 163 Å². The maximum atomic E-state index is 13.1. The number of amides is 1. The van der Waals surface area contributed by atoms with E-state index in [4.69, 9.17) is 23.8 Å². The maximum absolute atomic E-state index is 13.1. The number of carbonyl (C=O) groups is 1. The molecule has 0 saturated carbocycles. The third-order valence-corrected chi connectivity index (χ3v) is 4.83. The van der Waals surface area contributed by atoms with Gasteiger partial charge in [0.15, 0.2) is 5.11 Å². The second-order valence-corrected chi connectivity index (χ2v) is 7.24. The van der Waals surface area contributed by atoms with E-state index in [1.807, 2.05) is 51.1 Å². The smallest absolute Gasteiger partial charge is 0.255 e. The number of hydrogen-bond donors (Lipinski definition) is 3. The van der Waals surface area contributed by atoms with Crippen LogP contribution in [0, 0.1) is 13.8 Å². The number of benzene rings is 2. The van der Waals surface area contributed by atoms with Gasteiger partial charge in [0, 0.05) is 16.4 Å². The van der Waals surface area contributed by atoms with Crippen molar-refractivity contribution in [3.8, 4) is 0 Å². The highest BCUT2D eigenvalue weighted by atomic mass is 35.5. The van der Waals surface area contributed by atoms with E-state index in [0.29, 0.717) is 15.7 Å². The second-order valence-electron chi connectivity index (χ2n) is 6.39. The normalized spacial score (nSPS) is 16.8. The first-order chi connectivity index (χ1) is 12.3. The molecular formula is C20H20ClN3OS. The van der Waals surface area contributed by atoms with Gasteiger partial charge in [0.05, 0.1) is 11.6 Å². The van der Waals surface area contributed by atoms with Crippen LogP contribution in [0.5, 0.6) is 0 Å². The van der Waals surface area contributed by atoms with Crippen LogP contribution in [-0.4, -0.2) is 11.0 Å². The van der Waals surface area contributed by atoms with Gasteiger partial charge in [0.2, 0.25) is 0 Å². The van der Waals surface area contributed by atoms with Gasteiger partial charge < -0.3 is 16.0 Å². The molecule has 0 saturated heterocycles. The number of carbonyl (C=O) groups excluding carboxylic acids is 1. The third-order valence-electron chi connectivity index (χ3n) is 4.36. The molecule has 1 amide bonds. The average molecular weight is 386 g/mol. The van der Waals surface area contributed by atoms with Crippen LogP contribution >= 0.6 is 23.8 Å². The lowest BCUT2D eigenvalue weighted by atomic mass is 9.95. The molecule has 0 aliphatic carbocycles. The molecule has 1 aliphatic heterocycles. The van der Waals surface area contributed by atoms with Gasteiger partial charge in [-0.15, -0.1) is 0 Å². The highest BCUT2D eigenvalue weighted by Gasteiger charge is 2.30. The summed E-state index contributed by atoms with van der Waals surface area (Å²) >= 11 is 11.3. The molecule has 3 N–H and O–H groups in total. The topological polar surface area (TPSA) is 53.2 Å². The SMILES string of the molecule is CC1=C(C(=O)Nc2cc(C)ccc2C)[C@H](c2ccc(Cl)cc2)NC(=S)N1. The summed E-state index contributed by atoms with van der Waals surface area (Å²) in [5.41, 5.74) is 5.16. The fourth-order valence-electron chi connectivity index (χ4n) is 2.96. The highest BCUT2D eigenvalue weighted by Crippen LogP contribution is 2.29. The molecule has 3 rings (SSSR count). The standard InChI is InChI=1S/C20H20ClN3OS/c1-11-4-5-12(2)16(10-11)23-19(25)17-13(3)22-20(26)24-18(17)14-6-8-15(21)9-7-14/h4-10,18H,1-3H3,(H,23,25)(H2,22,24,26)/t18-/m0/s1. The summed E-state index contributed by atoms with van der Waals surface area (Å²) in [6, 6.07) is 13.0. The Hall–Kier alpha value is -2.37. The van der Waals surface area contributed by atoms with E-state index in [9.17, 15) is 4.79 Å². The quantitative estimate of drug-likeness (QED) is 0.686. The number of thiocarbonyl (C=S) groups is 1. The number of nitrogens with one attached hydrogen (secondary N) is 3. The summed E-state index contributed by atoms with van der Waals surface area (Å²) < 4.78 is 0. The average Bonchev–Trinajstić information content (AvgIpc) is 2.58. The molecule has 0 radical (unpaired) electrons. The van der Waals surface area contributed by atoms with Crippen LogP contribution in [0.2, 0.25) is 5.02 Å². The van der Waals surface area contributed by atoms with Crippen LogP contribution in [0.1, 0.15) is 29.7 Å². The zero-order chi connectivity index (χ0) is 18.8. The monoisotopic (exact) mass is 385 g/mol. The first kappa shape index (κ1) is 18.4. The van der Waals surface area contributed by atoms with E-state index in [1.54, 1.807) is 12.1 Å². The number of allylic oxidation sites excluding steroid dienone is 1. The van der Waals surface area contributed by atoms with Crippen molar-refractivity contribution in [2.75, 3.05) is 5.32 Å². The molecule has 6 heteroatoms. The Morgan fingerprint density at radius 1 is 1.12 bits per heavy atom. The van der Waals surface area contributed by atoms with E-state index in [2.05, 4.69) is 16.0 Å². The van der Waals surface area contributed by atoms with Crippen molar-refractivity contribution in [1.82, 2.24) is 10.6 Å². The molecule has 1 atom stereocenters. The lowest BCUT2D eigenvalue weighted by molar-refractivity contribution is -0.113. The molecule has 0 fully saturated rings. The number of rotatable bonds is 3. The minimum Gasteiger partial charge on any atom is -0.351 e. The number of aryl methyl sites for hydroxylation is 2. The van der Waals surface area contributed by atoms with E-state index in [-0.39, 0.29) is 11.9 Å². The van der Waals surface area contributed by atoms with Crippen molar-refractivity contribution in [3.63, 3.8) is 0 Å². The molecule has 0 aromatic heterocycles. The summed E-state index contributed by atoms with van der Waals surface area (Å²) in [4.78, 5) is 13.1. The molecule has 0 spiro atoms. The minimum atomic E-state index is -0.342. The molecule has 26 heavy (non-hydrogen) atoms. The fourth-order valence-corrected chi connectivity index (χ4v) is 3.36. The predicted molar refractivity (Wildman–Crippen MR) is 110 cm³/mol. The molecule has 2 aromatic rings. The lowest BCUT2D eigenvalue weighted by Crippen LogP contribution is -2.45. The van der Waals surface area contributed by atoms with Crippen molar-refractivity contribution in [2.24, 2.45) is 0 Å². The first-order valence-corrected chi connectivity index (χ1v) is 9.06. The first-order valence-electron chi connectivity index (χ1n) is 8.27. The van der Waals surface area contributed by atoms with Crippen LogP contribution in [0.3, 0.4) is 0 Å². The maximum Gasteiger partial charge on any atom is 0.255 e. The van der Waals surface area contributed by atoms with Gasteiger partial charge in [0.25, 0.3) is 5.91 Å². The molecule has 134 valence electrons. The van der Waals surface area contributed by atoms with E-state index in [0.717, 1.165) is 28.1 Å². The zero-order valence-corrected chi connectivity index (χ0v) is 16.4. The lowest BCUT2D eigenvalue weighted by Gasteiger charge is -2.30. The third kappa shape index (κ3) is 3.89. The van der Waals surface area contributed by atoms with Crippen LogP contribution in [-0.2, 0) is 4.79 Å². The largest absolute Gasteiger partial charge is 0.351 e. The molecular weight excluding hydrogens is 366 g/mol. The van der Waals surface area contributed by atoms with Gasteiger partial charge in [-0.3, -0.25) is 4.79 Å². The summed E-state index contributed by atoms with van der Waals surface area (Å²) in [5.74, 6) is -0.168. The number of anilines is 1. The fraction of sp³-hybridized carbons (Fsp3) is 0.200. The van der Waals surface area contributed by atoms with Crippen LogP contribution < -0.4 is 16.0 Å². The Morgan fingerprint density at radius 3 is 2.50 bits per heavy atom. The van der Waals surface area contributed by atoms with E-state index >= 15 is 0 Å². The van der Waals surface area contributed by atoms with Gasteiger partial charge in [-0.05, 0) is 67.9 Å². The van der Waals surface area contributed by atoms with Gasteiger partial charge in [0.1, 0.15) is 0 Å². The summed E-state index contributed by atoms with van der Waals surface area (Å²) in [6.45, 7) is 5.83. The molecule has 0 unspecified atom stereocenters. The van der Waals surface area contributed by atoms with Crippen molar-refractivity contribution in [3.05, 3.63) is 75.4 Å². The summed E-state index contributed by atoms with van der Waals surface area (Å²) in [5, 5.41) is 10.4. The zero-order valence-electron chi connectivity index (χ0n) is 14.8. The highest BCUT2D eigenvalue weighted by molar-refractivity contribution is 7.80. The Bertz CT molecular complexity index is 906. The van der Waals surface area contributed by atoms with E-state index in [1.165, 1.54) is 0 Å². The van der Waals surface area contributed by atoms with Crippen LogP contribution in [0.25, 0.3) is 0 Å². The van der Waals surface area contributed by atoms with Crippen molar-refractivity contribution in [1.29, 1.82) is 0 Å². The van der Waals surface area contributed by atoms with Gasteiger partial charge in [-0.2, -0.15) is 0 Å². The number of hydrogen-bond acceptors (Lipinski definition) is 2.